The molecule has 32 heavy (non-hydrogen) atoms. The number of benzene rings is 2. The average Bonchev–Trinajstić information content (AvgIpc) is 3.52. The van der Waals surface area contributed by atoms with E-state index in [-0.39, 0.29) is 24.0 Å². The summed E-state index contributed by atoms with van der Waals surface area (Å²) in [7, 11) is 1.44. The largest absolute Gasteiger partial charge is 0.493 e. The average molecular weight is 433 g/mol. The minimum atomic E-state index is -0.391. The van der Waals surface area contributed by atoms with Crippen molar-refractivity contribution in [3.63, 3.8) is 0 Å². The Hall–Kier alpha value is -4.40. The number of carbonyl (C=O) groups excluding carboxylic acids is 2. The molecule has 0 saturated heterocycles. The van der Waals surface area contributed by atoms with Crippen LogP contribution in [0.3, 0.4) is 0 Å². The van der Waals surface area contributed by atoms with Crippen molar-refractivity contribution >= 4 is 17.6 Å². The molecule has 0 saturated carbocycles. The molecule has 0 radical (unpaired) electrons. The van der Waals surface area contributed by atoms with Crippen molar-refractivity contribution in [2.45, 2.75) is 13.3 Å². The molecule has 1 N–H and O–H groups in total. The Kier molecular flexibility index (Phi) is 5.98. The summed E-state index contributed by atoms with van der Waals surface area (Å²) in [6.45, 7) is 1.69. The van der Waals surface area contributed by atoms with Gasteiger partial charge in [0.05, 0.1) is 13.4 Å². The second-order valence-corrected chi connectivity index (χ2v) is 6.61. The maximum Gasteiger partial charge on any atom is 0.311 e. The van der Waals surface area contributed by atoms with Crippen molar-refractivity contribution in [3.8, 4) is 34.6 Å². The Bertz CT molecular complexity index is 1230. The zero-order valence-electron chi connectivity index (χ0n) is 17.3. The van der Waals surface area contributed by atoms with E-state index in [1.807, 2.05) is 0 Å². The van der Waals surface area contributed by atoms with Gasteiger partial charge in [-0.15, -0.1) is 10.2 Å². The van der Waals surface area contributed by atoms with Crippen LogP contribution < -0.4 is 14.8 Å². The van der Waals surface area contributed by atoms with Crippen LogP contribution in [0.25, 0.3) is 23.1 Å². The van der Waals surface area contributed by atoms with E-state index in [0.717, 1.165) is 0 Å². The van der Waals surface area contributed by atoms with E-state index >= 15 is 0 Å². The predicted molar refractivity (Wildman–Crippen MR) is 114 cm³/mol. The van der Waals surface area contributed by atoms with Gasteiger partial charge in [-0.2, -0.15) is 0 Å². The summed E-state index contributed by atoms with van der Waals surface area (Å²) in [5.41, 5.74) is 1.62. The fourth-order valence-electron chi connectivity index (χ4n) is 2.83. The molecule has 9 nitrogen and oxygen atoms in total. The first-order valence-electron chi connectivity index (χ1n) is 9.75. The van der Waals surface area contributed by atoms with Crippen molar-refractivity contribution < 1.29 is 27.9 Å². The van der Waals surface area contributed by atoms with Crippen molar-refractivity contribution in [1.29, 1.82) is 0 Å². The second kappa shape index (κ2) is 9.17. The monoisotopic (exact) mass is 433 g/mol. The SMILES string of the molecule is CCC(=O)Oc1ccc(C(=O)Nc2ccc(-c3nnc(-c4ccco4)o3)cc2)cc1OC. The Labute approximate surface area is 183 Å². The van der Waals surface area contributed by atoms with Gasteiger partial charge in [0, 0.05) is 23.2 Å². The van der Waals surface area contributed by atoms with Gasteiger partial charge in [0.15, 0.2) is 17.3 Å². The van der Waals surface area contributed by atoms with Crippen LogP contribution in [0, 0.1) is 0 Å². The summed E-state index contributed by atoms with van der Waals surface area (Å²) in [6.07, 6.45) is 1.76. The third-order valence-corrected chi connectivity index (χ3v) is 4.48. The highest BCUT2D eigenvalue weighted by Gasteiger charge is 2.15. The Morgan fingerprint density at radius 1 is 1.00 bits per heavy atom. The quantitative estimate of drug-likeness (QED) is 0.333. The Balaban J connectivity index is 1.45. The smallest absolute Gasteiger partial charge is 0.311 e. The fraction of sp³-hybridized carbons (Fsp3) is 0.130. The van der Waals surface area contributed by atoms with Crippen molar-refractivity contribution in [3.05, 3.63) is 66.4 Å². The second-order valence-electron chi connectivity index (χ2n) is 6.61. The molecule has 1 amide bonds. The molecule has 0 spiro atoms. The number of furan rings is 1. The van der Waals surface area contributed by atoms with Gasteiger partial charge in [0.2, 0.25) is 5.89 Å². The number of nitrogens with one attached hydrogen (secondary N) is 1. The molecule has 0 aliphatic rings. The van der Waals surface area contributed by atoms with Crippen molar-refractivity contribution in [1.82, 2.24) is 10.2 Å². The van der Waals surface area contributed by atoms with Crippen molar-refractivity contribution in [2.75, 3.05) is 12.4 Å². The molecule has 0 aliphatic heterocycles. The highest BCUT2D eigenvalue weighted by atomic mass is 16.6. The van der Waals surface area contributed by atoms with Gasteiger partial charge in [-0.05, 0) is 54.6 Å². The van der Waals surface area contributed by atoms with Crippen LogP contribution in [-0.2, 0) is 4.79 Å². The number of carbonyl (C=O) groups is 2. The summed E-state index contributed by atoms with van der Waals surface area (Å²) < 4.78 is 21.3. The molecule has 0 unspecified atom stereocenters. The molecule has 4 aromatic rings. The molecule has 0 fully saturated rings. The van der Waals surface area contributed by atoms with Gasteiger partial charge in [-0.3, -0.25) is 9.59 Å². The molecule has 2 aromatic carbocycles. The van der Waals surface area contributed by atoms with Gasteiger partial charge in [-0.1, -0.05) is 6.92 Å². The molecule has 2 aromatic heterocycles. The summed E-state index contributed by atoms with van der Waals surface area (Å²) >= 11 is 0. The summed E-state index contributed by atoms with van der Waals surface area (Å²) in [5, 5.41) is 10.8. The van der Waals surface area contributed by atoms with Crippen LogP contribution in [0.5, 0.6) is 11.5 Å². The van der Waals surface area contributed by atoms with Crippen LogP contribution in [-0.4, -0.2) is 29.2 Å². The first kappa shape index (κ1) is 20.9. The number of nitrogens with zero attached hydrogens (tertiary/aromatic N) is 2. The van der Waals surface area contributed by atoms with Gasteiger partial charge in [0.1, 0.15) is 0 Å². The van der Waals surface area contributed by atoms with E-state index in [0.29, 0.717) is 34.2 Å². The lowest BCUT2D eigenvalue weighted by molar-refractivity contribution is -0.134. The maximum absolute atomic E-state index is 12.6. The van der Waals surface area contributed by atoms with Gasteiger partial charge in [0.25, 0.3) is 11.8 Å². The molecular weight excluding hydrogens is 414 g/mol. The van der Waals surface area contributed by atoms with Crippen LogP contribution in [0.1, 0.15) is 23.7 Å². The molecular formula is C23H19N3O6. The highest BCUT2D eigenvalue weighted by molar-refractivity contribution is 6.04. The zero-order chi connectivity index (χ0) is 22.5. The van der Waals surface area contributed by atoms with Gasteiger partial charge >= 0.3 is 5.97 Å². The topological polar surface area (TPSA) is 117 Å². The number of hydrogen-bond donors (Lipinski definition) is 1. The lowest BCUT2D eigenvalue weighted by Crippen LogP contribution is -2.12. The number of aromatic nitrogens is 2. The third kappa shape index (κ3) is 4.51. The minimum absolute atomic E-state index is 0.231. The normalized spacial score (nSPS) is 10.6. The molecule has 162 valence electrons. The summed E-state index contributed by atoms with van der Waals surface area (Å²) in [6, 6.07) is 15.0. The van der Waals surface area contributed by atoms with Gasteiger partial charge in [-0.25, -0.2) is 0 Å². The van der Waals surface area contributed by atoms with E-state index in [9.17, 15) is 9.59 Å². The highest BCUT2D eigenvalue weighted by Crippen LogP contribution is 2.29. The molecule has 9 heteroatoms. The van der Waals surface area contributed by atoms with Crippen LogP contribution >= 0.6 is 0 Å². The van der Waals surface area contributed by atoms with E-state index in [1.165, 1.54) is 25.5 Å². The number of hydrogen-bond acceptors (Lipinski definition) is 8. The Morgan fingerprint density at radius 2 is 1.78 bits per heavy atom. The predicted octanol–water partition coefficient (Wildman–Crippen LogP) is 4.57. The molecule has 4 rings (SSSR count). The number of anilines is 1. The summed E-state index contributed by atoms with van der Waals surface area (Å²) in [4.78, 5) is 24.2. The lowest BCUT2D eigenvalue weighted by Gasteiger charge is -2.11. The first-order valence-corrected chi connectivity index (χ1v) is 9.75. The van der Waals surface area contributed by atoms with E-state index in [4.69, 9.17) is 18.3 Å². The number of ether oxygens (including phenoxy) is 2. The van der Waals surface area contributed by atoms with Crippen molar-refractivity contribution in [2.24, 2.45) is 0 Å². The number of esters is 1. The van der Waals surface area contributed by atoms with Crippen LogP contribution in [0.4, 0.5) is 5.69 Å². The maximum atomic E-state index is 12.6. The molecule has 0 atom stereocenters. The number of amides is 1. The standard InChI is InChI=1S/C23H19N3O6/c1-3-20(27)31-17-11-8-15(13-19(17)29-2)21(28)24-16-9-6-14(7-10-16)22-25-26-23(32-22)18-5-4-12-30-18/h4-13H,3H2,1-2H3,(H,24,28). The molecule has 2 heterocycles. The van der Waals surface area contributed by atoms with E-state index < -0.39 is 5.97 Å². The zero-order valence-corrected chi connectivity index (χ0v) is 17.3. The number of methoxy groups -OCH3 is 1. The van der Waals surface area contributed by atoms with Crippen LogP contribution in [0.2, 0.25) is 0 Å². The minimum Gasteiger partial charge on any atom is -0.493 e. The Morgan fingerprint density at radius 3 is 2.47 bits per heavy atom. The fourth-order valence-corrected chi connectivity index (χ4v) is 2.83. The lowest BCUT2D eigenvalue weighted by atomic mass is 10.1. The first-order chi connectivity index (χ1) is 15.6. The third-order valence-electron chi connectivity index (χ3n) is 4.48. The van der Waals surface area contributed by atoms with Crippen LogP contribution in [0.15, 0.2) is 69.7 Å². The van der Waals surface area contributed by atoms with E-state index in [1.54, 1.807) is 49.4 Å². The molecule has 0 aliphatic carbocycles. The summed E-state index contributed by atoms with van der Waals surface area (Å²) in [5.74, 6) is 0.909. The van der Waals surface area contributed by atoms with Gasteiger partial charge < -0.3 is 23.6 Å². The molecule has 0 bridgehead atoms. The number of rotatable bonds is 7. The van der Waals surface area contributed by atoms with E-state index in [2.05, 4.69) is 15.5 Å².